The molecule has 1 fully saturated rings. The molecule has 0 amide bonds. The number of carboxylic acids is 1. The van der Waals surface area contributed by atoms with Crippen molar-refractivity contribution in [3.8, 4) is 6.07 Å². The van der Waals surface area contributed by atoms with Crippen LogP contribution in [0.5, 0.6) is 0 Å². The maximum absolute atomic E-state index is 14.0. The average molecular weight is 613 g/mol. The number of alkyl halides is 2. The molecule has 1 unspecified atom stereocenters. The predicted molar refractivity (Wildman–Crippen MR) is 154 cm³/mol. The van der Waals surface area contributed by atoms with E-state index in [-0.39, 0.29) is 16.1 Å². The van der Waals surface area contributed by atoms with Crippen molar-refractivity contribution in [3.63, 3.8) is 0 Å². The fourth-order valence-corrected chi connectivity index (χ4v) is 5.40. The molecule has 0 bridgehead atoms. The van der Waals surface area contributed by atoms with Gasteiger partial charge in [-0.3, -0.25) is 4.98 Å². The first kappa shape index (κ1) is 30.0. The summed E-state index contributed by atoms with van der Waals surface area (Å²) >= 11 is 6.66. The molecule has 14 heteroatoms. The van der Waals surface area contributed by atoms with Crippen LogP contribution in [0.1, 0.15) is 62.2 Å². The standard InChI is InChI=1S/C29H28ClF3N8O2/c1-15-18(5-6-22(31)37-15)25(21-11-41(40-39-21)28(26(42)43)12-29(32,33)13-28)38-17-7-19-23(36-14-27(2,3)4)16(9-34)10-35-24(19)20(30)8-17/h5-8,10-11,25,38H,12-14H2,1-4H3,(H,35,36)(H,42,43). The molecule has 1 saturated carbocycles. The number of fused-ring (bicyclic) bond motifs is 1. The summed E-state index contributed by atoms with van der Waals surface area (Å²) in [6.45, 7) is 8.28. The van der Waals surface area contributed by atoms with E-state index in [0.717, 1.165) is 10.7 Å². The summed E-state index contributed by atoms with van der Waals surface area (Å²) in [6, 6.07) is 7.30. The SMILES string of the molecule is Cc1nc(F)ccc1C(Nc1cc(Cl)c2ncc(C#N)c(NCC(C)(C)C)c2c1)c1cn(C2(C(=O)O)CC(F)(F)C2)nn1. The second kappa shape index (κ2) is 10.7. The number of anilines is 2. The molecule has 3 N–H and O–H groups in total. The number of aryl methyl sites for hydroxylation is 1. The minimum atomic E-state index is -3.14. The molecular weight excluding hydrogens is 585 g/mol. The molecule has 1 atom stereocenters. The van der Waals surface area contributed by atoms with E-state index in [9.17, 15) is 28.3 Å². The molecule has 1 aliphatic rings. The fourth-order valence-electron chi connectivity index (χ4n) is 5.13. The highest BCUT2D eigenvalue weighted by atomic mass is 35.5. The Morgan fingerprint density at radius 1 is 1.28 bits per heavy atom. The third kappa shape index (κ3) is 5.79. The van der Waals surface area contributed by atoms with Crippen LogP contribution in [0.25, 0.3) is 10.9 Å². The van der Waals surface area contributed by atoms with Gasteiger partial charge in [0.15, 0.2) is 5.54 Å². The zero-order valence-electron chi connectivity index (χ0n) is 23.7. The van der Waals surface area contributed by atoms with Gasteiger partial charge in [-0.05, 0) is 30.5 Å². The number of aromatic nitrogens is 5. The summed E-state index contributed by atoms with van der Waals surface area (Å²) in [6.07, 6.45) is 0.889. The van der Waals surface area contributed by atoms with E-state index in [4.69, 9.17) is 11.6 Å². The molecule has 0 radical (unpaired) electrons. The lowest BCUT2D eigenvalue weighted by atomic mass is 9.73. The van der Waals surface area contributed by atoms with Crippen molar-refractivity contribution in [2.45, 2.75) is 58.0 Å². The van der Waals surface area contributed by atoms with Gasteiger partial charge in [-0.15, -0.1) is 5.10 Å². The molecule has 1 aromatic carbocycles. The first-order chi connectivity index (χ1) is 20.1. The van der Waals surface area contributed by atoms with Gasteiger partial charge in [0.25, 0.3) is 5.92 Å². The molecule has 0 saturated heterocycles. The van der Waals surface area contributed by atoms with E-state index in [1.54, 1.807) is 19.1 Å². The van der Waals surface area contributed by atoms with Crippen LogP contribution in [0.2, 0.25) is 5.02 Å². The van der Waals surface area contributed by atoms with Crippen LogP contribution in [0.3, 0.4) is 0 Å². The molecule has 3 heterocycles. The van der Waals surface area contributed by atoms with Crippen LogP contribution in [-0.4, -0.2) is 48.5 Å². The topological polar surface area (TPSA) is 142 Å². The Hall–Kier alpha value is -4.44. The van der Waals surface area contributed by atoms with Crippen molar-refractivity contribution < 1.29 is 23.1 Å². The van der Waals surface area contributed by atoms with E-state index in [2.05, 4.69) is 37.0 Å². The lowest BCUT2D eigenvalue weighted by Crippen LogP contribution is -2.58. The lowest BCUT2D eigenvalue weighted by molar-refractivity contribution is -0.190. The van der Waals surface area contributed by atoms with E-state index >= 15 is 0 Å². The number of nitrogens with zero attached hydrogens (tertiary/aromatic N) is 6. The number of pyridine rings is 2. The molecule has 4 aromatic rings. The predicted octanol–water partition coefficient (Wildman–Crippen LogP) is 6.06. The molecule has 10 nitrogen and oxygen atoms in total. The first-order valence-corrected chi connectivity index (χ1v) is 13.7. The van der Waals surface area contributed by atoms with Gasteiger partial charge in [-0.2, -0.15) is 9.65 Å². The van der Waals surface area contributed by atoms with Gasteiger partial charge in [0, 0.05) is 47.9 Å². The van der Waals surface area contributed by atoms with Crippen LogP contribution in [0.15, 0.2) is 36.7 Å². The van der Waals surface area contributed by atoms with Crippen LogP contribution in [0, 0.1) is 29.6 Å². The number of carboxylic acid groups (broad SMARTS) is 1. The molecule has 224 valence electrons. The van der Waals surface area contributed by atoms with Crippen molar-refractivity contribution in [1.82, 2.24) is 25.0 Å². The molecule has 0 aliphatic heterocycles. The number of benzene rings is 1. The minimum Gasteiger partial charge on any atom is -0.479 e. The Labute approximate surface area is 249 Å². The van der Waals surface area contributed by atoms with Crippen molar-refractivity contribution in [2.75, 3.05) is 17.2 Å². The minimum absolute atomic E-state index is 0.107. The molecule has 43 heavy (non-hydrogen) atoms. The molecule has 5 rings (SSSR count). The summed E-state index contributed by atoms with van der Waals surface area (Å²) in [5.74, 6) is -5.30. The summed E-state index contributed by atoms with van der Waals surface area (Å²) in [5.41, 5.74) is 0.685. The van der Waals surface area contributed by atoms with Crippen LogP contribution >= 0.6 is 11.6 Å². The molecule has 3 aromatic heterocycles. The number of aliphatic carboxylic acids is 1. The lowest BCUT2D eigenvalue weighted by Gasteiger charge is -2.43. The quantitative estimate of drug-likeness (QED) is 0.202. The number of nitrogens with one attached hydrogen (secondary N) is 2. The highest BCUT2D eigenvalue weighted by Crippen LogP contribution is 2.50. The summed E-state index contributed by atoms with van der Waals surface area (Å²) in [5, 5.41) is 35.1. The van der Waals surface area contributed by atoms with Crippen LogP contribution in [-0.2, 0) is 10.3 Å². The second-order valence-electron chi connectivity index (χ2n) is 11.9. The van der Waals surface area contributed by atoms with E-state index < -0.39 is 42.3 Å². The smallest absolute Gasteiger partial charge is 0.332 e. The van der Waals surface area contributed by atoms with Crippen molar-refractivity contribution in [2.24, 2.45) is 5.41 Å². The number of hydrogen-bond donors (Lipinski definition) is 3. The summed E-state index contributed by atoms with van der Waals surface area (Å²) < 4.78 is 42.6. The Kier molecular flexibility index (Phi) is 7.46. The Morgan fingerprint density at radius 2 is 2.00 bits per heavy atom. The van der Waals surface area contributed by atoms with Gasteiger partial charge >= 0.3 is 5.97 Å². The largest absolute Gasteiger partial charge is 0.479 e. The molecule has 0 spiro atoms. The maximum atomic E-state index is 14.0. The number of nitriles is 1. The van der Waals surface area contributed by atoms with Crippen LogP contribution < -0.4 is 10.6 Å². The van der Waals surface area contributed by atoms with Gasteiger partial charge in [-0.25, -0.2) is 23.2 Å². The van der Waals surface area contributed by atoms with Gasteiger partial charge in [0.05, 0.1) is 34.0 Å². The van der Waals surface area contributed by atoms with E-state index in [0.29, 0.717) is 45.6 Å². The zero-order chi connectivity index (χ0) is 31.3. The Bertz CT molecular complexity index is 1770. The Morgan fingerprint density at radius 3 is 2.60 bits per heavy atom. The fraction of sp³-hybridized carbons (Fsp3) is 0.379. The van der Waals surface area contributed by atoms with Gasteiger partial charge in [-0.1, -0.05) is 43.7 Å². The van der Waals surface area contributed by atoms with Crippen LogP contribution in [0.4, 0.5) is 24.5 Å². The molecule has 1 aliphatic carbocycles. The average Bonchev–Trinajstić information content (AvgIpc) is 3.39. The maximum Gasteiger partial charge on any atom is 0.332 e. The normalized spacial score (nSPS) is 16.3. The van der Waals surface area contributed by atoms with Crippen molar-refractivity contribution in [3.05, 3.63) is 70.1 Å². The van der Waals surface area contributed by atoms with Gasteiger partial charge in [0.2, 0.25) is 5.95 Å². The number of hydrogen-bond acceptors (Lipinski definition) is 8. The second-order valence-corrected chi connectivity index (χ2v) is 12.4. The highest BCUT2D eigenvalue weighted by Gasteiger charge is 2.63. The van der Waals surface area contributed by atoms with E-state index in [1.165, 1.54) is 18.5 Å². The third-order valence-corrected chi connectivity index (χ3v) is 7.59. The summed E-state index contributed by atoms with van der Waals surface area (Å²) in [4.78, 5) is 20.3. The number of carbonyl (C=O) groups is 1. The monoisotopic (exact) mass is 612 g/mol. The number of rotatable bonds is 8. The summed E-state index contributed by atoms with van der Waals surface area (Å²) in [7, 11) is 0. The molecular formula is C29H28ClF3N8O2. The first-order valence-electron chi connectivity index (χ1n) is 13.3. The third-order valence-electron chi connectivity index (χ3n) is 7.30. The van der Waals surface area contributed by atoms with Gasteiger partial charge < -0.3 is 15.7 Å². The van der Waals surface area contributed by atoms with Crippen molar-refractivity contribution in [1.29, 1.82) is 5.26 Å². The van der Waals surface area contributed by atoms with Gasteiger partial charge in [0.1, 0.15) is 11.8 Å². The van der Waals surface area contributed by atoms with E-state index in [1.807, 2.05) is 20.8 Å². The van der Waals surface area contributed by atoms with Crippen molar-refractivity contribution >= 4 is 39.8 Å². The highest BCUT2D eigenvalue weighted by molar-refractivity contribution is 6.35. The number of halogens is 4. The zero-order valence-corrected chi connectivity index (χ0v) is 24.5. The Balaban J connectivity index is 1.61.